The number of rotatable bonds is 4. The summed E-state index contributed by atoms with van der Waals surface area (Å²) in [6.45, 7) is -0.331. The molecular weight excluding hydrogens is 334 g/mol. The molecule has 0 aromatic carbocycles. The largest absolute Gasteiger partial charge is 0.465 e. The summed E-state index contributed by atoms with van der Waals surface area (Å²) in [6.07, 6.45) is 4.12. The summed E-state index contributed by atoms with van der Waals surface area (Å²) in [4.78, 5) is 23.4. The Morgan fingerprint density at radius 3 is 2.70 bits per heavy atom. The number of hydrogen-bond acceptors (Lipinski definition) is 5. The van der Waals surface area contributed by atoms with Crippen molar-refractivity contribution in [2.24, 2.45) is 23.2 Å². The molecule has 3 aliphatic rings. The third-order valence-corrected chi connectivity index (χ3v) is 6.53. The first-order chi connectivity index (χ1) is 10.6. The van der Waals surface area contributed by atoms with Crippen molar-refractivity contribution in [3.8, 4) is 0 Å². The van der Waals surface area contributed by atoms with Crippen LogP contribution in [0.15, 0.2) is 0 Å². The molecule has 0 saturated heterocycles. The molecule has 3 fully saturated rings. The van der Waals surface area contributed by atoms with Crippen LogP contribution in [0.3, 0.4) is 0 Å². The van der Waals surface area contributed by atoms with Gasteiger partial charge in [-0.3, -0.25) is 9.35 Å². The van der Waals surface area contributed by atoms with Gasteiger partial charge in [-0.1, -0.05) is 6.42 Å². The zero-order valence-corrected chi connectivity index (χ0v) is 13.2. The molecule has 4 unspecified atom stereocenters. The average molecular weight is 352 g/mol. The highest BCUT2D eigenvalue weighted by Gasteiger charge is 2.58. The van der Waals surface area contributed by atoms with E-state index in [9.17, 15) is 26.8 Å². The predicted molar refractivity (Wildman–Crippen MR) is 73.1 cm³/mol. The minimum absolute atomic E-state index is 0.0186. The summed E-state index contributed by atoms with van der Waals surface area (Å²) in [5.74, 6) is -1.90. The second kappa shape index (κ2) is 5.20. The first-order valence-electron chi connectivity index (χ1n) is 7.60. The lowest BCUT2D eigenvalue weighted by molar-refractivity contribution is -0.175. The topological polar surface area (TPSA) is 97.7 Å². The van der Waals surface area contributed by atoms with Gasteiger partial charge in [0.25, 0.3) is 0 Å². The SMILES string of the molecule is O=C1CC2CCC3CC1CC2(COC(=O)C(F)(F)S(=O)(=O)O)C3. The second-order valence-corrected chi connectivity index (χ2v) is 8.54. The lowest BCUT2D eigenvalue weighted by Gasteiger charge is -2.55. The minimum Gasteiger partial charge on any atom is -0.460 e. The Bertz CT molecular complexity index is 646. The van der Waals surface area contributed by atoms with E-state index in [0.29, 0.717) is 25.2 Å². The highest BCUT2D eigenvalue weighted by molar-refractivity contribution is 7.87. The third kappa shape index (κ3) is 2.67. The zero-order chi connectivity index (χ0) is 17.0. The van der Waals surface area contributed by atoms with Crippen molar-refractivity contribution in [3.63, 3.8) is 0 Å². The van der Waals surface area contributed by atoms with Gasteiger partial charge in [0, 0.05) is 17.8 Å². The van der Waals surface area contributed by atoms with E-state index in [2.05, 4.69) is 4.74 Å². The van der Waals surface area contributed by atoms with Gasteiger partial charge in [0.15, 0.2) is 0 Å². The number of halogens is 2. The van der Waals surface area contributed by atoms with Crippen molar-refractivity contribution in [1.29, 1.82) is 0 Å². The number of carbonyl (C=O) groups excluding carboxylic acids is 2. The van der Waals surface area contributed by atoms with Crippen LogP contribution in [0.1, 0.15) is 38.5 Å². The summed E-state index contributed by atoms with van der Waals surface area (Å²) < 4.78 is 60.8. The molecule has 0 aromatic rings. The Morgan fingerprint density at radius 1 is 1.35 bits per heavy atom. The van der Waals surface area contributed by atoms with E-state index in [0.717, 1.165) is 19.3 Å². The molecule has 4 atom stereocenters. The van der Waals surface area contributed by atoms with Crippen LogP contribution in [0.4, 0.5) is 8.78 Å². The van der Waals surface area contributed by atoms with E-state index in [1.54, 1.807) is 0 Å². The fourth-order valence-corrected chi connectivity index (χ4v) is 4.89. The molecule has 0 aliphatic heterocycles. The number of ketones is 1. The van der Waals surface area contributed by atoms with E-state index in [4.69, 9.17) is 4.55 Å². The molecule has 0 amide bonds. The zero-order valence-electron chi connectivity index (χ0n) is 12.3. The highest BCUT2D eigenvalue weighted by atomic mass is 32.2. The van der Waals surface area contributed by atoms with E-state index in [1.165, 1.54) is 0 Å². The van der Waals surface area contributed by atoms with Crippen molar-refractivity contribution >= 4 is 21.9 Å². The summed E-state index contributed by atoms with van der Waals surface area (Å²) in [5, 5.41) is -4.97. The van der Waals surface area contributed by atoms with Gasteiger partial charge in [0.05, 0.1) is 6.61 Å². The van der Waals surface area contributed by atoms with Crippen molar-refractivity contribution in [1.82, 2.24) is 0 Å². The maximum Gasteiger partial charge on any atom is 0.465 e. The minimum atomic E-state index is -5.86. The Labute approximate surface area is 132 Å². The van der Waals surface area contributed by atoms with Gasteiger partial charge >= 0.3 is 21.3 Å². The molecule has 3 aliphatic carbocycles. The standard InChI is InChI=1S/C14H18F2O6S/c15-14(16,23(19,20)21)12(18)22-7-13-5-8-1-2-10(13)4-11(17)9(3-8)6-13/h8-10H,1-7H2,(H,19,20,21). The van der Waals surface area contributed by atoms with Crippen LogP contribution < -0.4 is 0 Å². The van der Waals surface area contributed by atoms with E-state index < -0.39 is 26.8 Å². The fraction of sp³-hybridized carbons (Fsp3) is 0.857. The quantitative estimate of drug-likeness (QED) is 0.612. The summed E-state index contributed by atoms with van der Waals surface area (Å²) in [7, 11) is -5.86. The smallest absolute Gasteiger partial charge is 0.460 e. The molecule has 9 heteroatoms. The third-order valence-electron chi connectivity index (χ3n) is 5.71. The van der Waals surface area contributed by atoms with Gasteiger partial charge in [0.1, 0.15) is 5.78 Å². The maximum atomic E-state index is 13.3. The Hall–Kier alpha value is -1.09. The lowest BCUT2D eigenvalue weighted by Crippen LogP contribution is -2.53. The van der Waals surface area contributed by atoms with Gasteiger partial charge in [-0.25, -0.2) is 4.79 Å². The molecule has 0 radical (unpaired) electrons. The lowest BCUT2D eigenvalue weighted by atomic mass is 9.49. The monoisotopic (exact) mass is 352 g/mol. The van der Waals surface area contributed by atoms with Crippen molar-refractivity contribution < 1.29 is 36.1 Å². The average Bonchev–Trinajstić information content (AvgIpc) is 2.45. The van der Waals surface area contributed by atoms with E-state index in [1.807, 2.05) is 0 Å². The number of alkyl halides is 2. The molecular formula is C14H18F2O6S. The molecule has 3 saturated carbocycles. The predicted octanol–water partition coefficient (Wildman–Crippen LogP) is 1.80. The molecule has 3 rings (SSSR count). The Morgan fingerprint density at radius 2 is 2.04 bits per heavy atom. The number of esters is 1. The first-order valence-corrected chi connectivity index (χ1v) is 9.04. The number of fused-ring (bicyclic) bond motifs is 2. The van der Waals surface area contributed by atoms with Crippen LogP contribution in [0.5, 0.6) is 0 Å². The number of Topliss-reactive ketones (excluding diaryl/α,β-unsaturated/α-hetero) is 1. The number of ether oxygens (including phenoxy) is 1. The van der Waals surface area contributed by atoms with Crippen molar-refractivity contribution in [3.05, 3.63) is 0 Å². The van der Waals surface area contributed by atoms with Crippen LogP contribution in [0.25, 0.3) is 0 Å². The van der Waals surface area contributed by atoms with Crippen LogP contribution in [0, 0.1) is 23.2 Å². The van der Waals surface area contributed by atoms with Crippen molar-refractivity contribution in [2.75, 3.05) is 6.61 Å². The fourth-order valence-electron chi connectivity index (χ4n) is 4.62. The van der Waals surface area contributed by atoms with Crippen LogP contribution in [-0.4, -0.2) is 36.6 Å². The molecule has 0 aromatic heterocycles. The molecule has 0 heterocycles. The molecule has 3 bridgehead atoms. The Kier molecular flexibility index (Phi) is 3.79. The van der Waals surface area contributed by atoms with E-state index >= 15 is 0 Å². The van der Waals surface area contributed by atoms with Crippen LogP contribution >= 0.6 is 0 Å². The van der Waals surface area contributed by atoms with E-state index in [-0.39, 0.29) is 24.2 Å². The normalized spacial score (nSPS) is 36.8. The van der Waals surface area contributed by atoms with Gasteiger partial charge in [-0.05, 0) is 37.5 Å². The maximum absolute atomic E-state index is 13.3. The van der Waals surface area contributed by atoms with Gasteiger partial charge < -0.3 is 4.74 Å². The molecule has 0 spiro atoms. The number of carbonyl (C=O) groups is 2. The van der Waals surface area contributed by atoms with Crippen LogP contribution in [0.2, 0.25) is 0 Å². The van der Waals surface area contributed by atoms with Gasteiger partial charge in [0.2, 0.25) is 0 Å². The summed E-state index contributed by atoms with van der Waals surface area (Å²) in [5.41, 5.74) is -0.523. The molecule has 1 N–H and O–H groups in total. The Balaban J connectivity index is 1.75. The molecule has 6 nitrogen and oxygen atoms in total. The second-order valence-electron chi connectivity index (χ2n) is 7.08. The number of hydrogen-bond donors (Lipinski definition) is 1. The molecule has 23 heavy (non-hydrogen) atoms. The van der Waals surface area contributed by atoms with Gasteiger partial charge in [-0.15, -0.1) is 0 Å². The summed E-state index contributed by atoms with van der Waals surface area (Å²) >= 11 is 0. The highest BCUT2D eigenvalue weighted by Crippen LogP contribution is 2.58. The van der Waals surface area contributed by atoms with Gasteiger partial charge in [-0.2, -0.15) is 17.2 Å². The van der Waals surface area contributed by atoms with Crippen molar-refractivity contribution in [2.45, 2.75) is 43.8 Å². The van der Waals surface area contributed by atoms with Crippen LogP contribution in [-0.2, 0) is 24.4 Å². The summed E-state index contributed by atoms with van der Waals surface area (Å²) in [6, 6.07) is 0. The first kappa shape index (κ1) is 16.8. The molecule has 130 valence electrons.